The van der Waals surface area contributed by atoms with E-state index in [4.69, 9.17) is 0 Å². The van der Waals surface area contributed by atoms with E-state index in [0.29, 0.717) is 0 Å². The fourth-order valence-corrected chi connectivity index (χ4v) is 4.96. The summed E-state index contributed by atoms with van der Waals surface area (Å²) in [5, 5.41) is 7.46. The number of aromatic nitrogens is 1. The van der Waals surface area contributed by atoms with Crippen LogP contribution in [0.2, 0.25) is 0 Å². The molecule has 0 bridgehead atoms. The summed E-state index contributed by atoms with van der Waals surface area (Å²) in [5.41, 5.74) is 4.56. The van der Waals surface area contributed by atoms with Crippen LogP contribution in [0.4, 0.5) is 0 Å². The quantitative estimate of drug-likeness (QED) is 0.600. The number of rotatable bonds is 7. The Morgan fingerprint density at radius 2 is 1.87 bits per heavy atom. The molecule has 0 spiro atoms. The van der Waals surface area contributed by atoms with Crippen molar-refractivity contribution in [1.82, 2.24) is 15.2 Å². The van der Waals surface area contributed by atoms with Crippen LogP contribution in [0.3, 0.4) is 0 Å². The van der Waals surface area contributed by atoms with Gasteiger partial charge in [-0.25, -0.2) is 0 Å². The third-order valence-corrected chi connectivity index (χ3v) is 6.52. The predicted octanol–water partition coefficient (Wildman–Crippen LogP) is 4.77. The van der Waals surface area contributed by atoms with Crippen LogP contribution in [0.15, 0.2) is 65.6 Å². The van der Waals surface area contributed by atoms with E-state index in [1.54, 1.807) is 11.3 Å². The van der Waals surface area contributed by atoms with Crippen molar-refractivity contribution in [2.75, 3.05) is 13.1 Å². The molecule has 0 radical (unpaired) electrons. The van der Waals surface area contributed by atoms with Gasteiger partial charge in [0.15, 0.2) is 0 Å². The molecule has 1 amide bonds. The Morgan fingerprint density at radius 1 is 1.10 bits per heavy atom. The van der Waals surface area contributed by atoms with Crippen molar-refractivity contribution in [3.05, 3.63) is 76.7 Å². The number of carbonyl (C=O) groups excluding carboxylic acids is 1. The highest BCUT2D eigenvalue weighted by molar-refractivity contribution is 7.08. The van der Waals surface area contributed by atoms with Gasteiger partial charge in [-0.3, -0.25) is 14.7 Å². The highest BCUT2D eigenvalue weighted by atomic mass is 32.1. The van der Waals surface area contributed by atoms with Crippen molar-refractivity contribution in [3.8, 4) is 11.1 Å². The molecule has 4 rings (SSSR count). The summed E-state index contributed by atoms with van der Waals surface area (Å²) in [6.45, 7) is 6.63. The Morgan fingerprint density at radius 3 is 2.53 bits per heavy atom. The third-order valence-electron chi connectivity index (χ3n) is 5.84. The molecule has 4 nitrogen and oxygen atoms in total. The molecule has 0 unspecified atom stereocenters. The summed E-state index contributed by atoms with van der Waals surface area (Å²) < 4.78 is 0. The molecule has 0 aliphatic carbocycles. The van der Waals surface area contributed by atoms with Crippen LogP contribution in [0.1, 0.15) is 31.4 Å². The maximum absolute atomic E-state index is 13.3. The van der Waals surface area contributed by atoms with E-state index in [2.05, 4.69) is 68.4 Å². The van der Waals surface area contributed by atoms with E-state index in [1.165, 1.54) is 22.3 Å². The van der Waals surface area contributed by atoms with Crippen LogP contribution >= 0.6 is 11.3 Å². The number of carbonyl (C=O) groups is 1. The van der Waals surface area contributed by atoms with E-state index in [9.17, 15) is 4.79 Å². The van der Waals surface area contributed by atoms with Gasteiger partial charge in [0.2, 0.25) is 5.91 Å². The second kappa shape index (κ2) is 9.11. The molecule has 5 heteroatoms. The highest BCUT2D eigenvalue weighted by Crippen LogP contribution is 2.36. The Hall–Kier alpha value is -2.50. The van der Waals surface area contributed by atoms with Gasteiger partial charge in [0.25, 0.3) is 0 Å². The molecular formula is C25H29N3OS. The molecule has 1 atom stereocenters. The summed E-state index contributed by atoms with van der Waals surface area (Å²) in [6.07, 6.45) is 5.31. The van der Waals surface area contributed by atoms with Crippen LogP contribution in [0, 0.1) is 5.41 Å². The minimum absolute atomic E-state index is 0.143. The molecule has 1 aliphatic rings. The minimum Gasteiger partial charge on any atom is -0.353 e. The number of hydrogen-bond donors (Lipinski definition) is 1. The Kier molecular flexibility index (Phi) is 6.30. The van der Waals surface area contributed by atoms with Crippen molar-refractivity contribution >= 4 is 17.2 Å². The molecule has 30 heavy (non-hydrogen) atoms. The average molecular weight is 420 g/mol. The summed E-state index contributed by atoms with van der Waals surface area (Å²) in [6, 6.07) is 15.1. The normalized spacial score (nSPS) is 19.3. The zero-order chi connectivity index (χ0) is 21.0. The number of nitrogens with zero attached hydrogens (tertiary/aromatic N) is 2. The lowest BCUT2D eigenvalue weighted by Crippen LogP contribution is -2.46. The van der Waals surface area contributed by atoms with Gasteiger partial charge in [-0.1, -0.05) is 24.3 Å². The summed E-state index contributed by atoms with van der Waals surface area (Å²) in [4.78, 5) is 19.8. The standard InChI is InChI=1S/C25H29N3OS/c1-19(2)27-24(29)25(10-13-28(18-25)16-21-7-11-26-12-8-21)15-20-3-5-22(6-4-20)23-9-14-30-17-23/h3-9,11-12,14,17,19H,10,13,15-16,18H2,1-2H3,(H,27,29)/t25-/m0/s1. The summed E-state index contributed by atoms with van der Waals surface area (Å²) >= 11 is 1.71. The maximum atomic E-state index is 13.3. The maximum Gasteiger partial charge on any atom is 0.228 e. The number of likely N-dealkylation sites (tertiary alicyclic amines) is 1. The van der Waals surface area contributed by atoms with Gasteiger partial charge < -0.3 is 5.32 Å². The van der Waals surface area contributed by atoms with Crippen LogP contribution in [-0.2, 0) is 17.8 Å². The van der Waals surface area contributed by atoms with E-state index < -0.39 is 0 Å². The monoisotopic (exact) mass is 419 g/mol. The lowest BCUT2D eigenvalue weighted by molar-refractivity contribution is -0.131. The lowest BCUT2D eigenvalue weighted by Gasteiger charge is -2.30. The number of benzene rings is 1. The molecule has 1 aromatic carbocycles. The van der Waals surface area contributed by atoms with Crippen molar-refractivity contribution in [1.29, 1.82) is 0 Å². The smallest absolute Gasteiger partial charge is 0.228 e. The fourth-order valence-electron chi connectivity index (χ4n) is 4.30. The zero-order valence-electron chi connectivity index (χ0n) is 17.7. The molecule has 156 valence electrons. The van der Waals surface area contributed by atoms with E-state index in [-0.39, 0.29) is 17.4 Å². The lowest BCUT2D eigenvalue weighted by atomic mass is 9.79. The highest BCUT2D eigenvalue weighted by Gasteiger charge is 2.44. The van der Waals surface area contributed by atoms with Crippen LogP contribution < -0.4 is 5.32 Å². The predicted molar refractivity (Wildman–Crippen MR) is 123 cm³/mol. The van der Waals surface area contributed by atoms with Crippen molar-refractivity contribution in [3.63, 3.8) is 0 Å². The first kappa shape index (κ1) is 20.8. The van der Waals surface area contributed by atoms with Gasteiger partial charge in [0.05, 0.1) is 5.41 Å². The van der Waals surface area contributed by atoms with E-state index in [1.807, 2.05) is 26.2 Å². The molecule has 1 fully saturated rings. The number of nitrogens with one attached hydrogen (secondary N) is 1. The Labute approximate surface area is 183 Å². The first-order valence-electron chi connectivity index (χ1n) is 10.6. The Bertz CT molecular complexity index is 954. The van der Waals surface area contributed by atoms with E-state index >= 15 is 0 Å². The molecule has 1 aliphatic heterocycles. The summed E-state index contributed by atoms with van der Waals surface area (Å²) in [5.74, 6) is 0.177. The van der Waals surface area contributed by atoms with Gasteiger partial charge in [-0.15, -0.1) is 0 Å². The largest absolute Gasteiger partial charge is 0.353 e. The minimum atomic E-state index is -0.388. The average Bonchev–Trinajstić information content (AvgIpc) is 3.40. The van der Waals surface area contributed by atoms with Crippen LogP contribution in [0.5, 0.6) is 0 Å². The van der Waals surface area contributed by atoms with Gasteiger partial charge >= 0.3 is 0 Å². The SMILES string of the molecule is CC(C)NC(=O)[C@]1(Cc2ccc(-c3ccsc3)cc2)CCN(Cc2ccncc2)C1. The number of thiophene rings is 1. The van der Waals surface area contributed by atoms with Crippen molar-refractivity contribution < 1.29 is 4.79 Å². The van der Waals surface area contributed by atoms with Gasteiger partial charge in [-0.2, -0.15) is 11.3 Å². The zero-order valence-corrected chi connectivity index (χ0v) is 18.5. The molecule has 2 aromatic heterocycles. The molecule has 3 heterocycles. The van der Waals surface area contributed by atoms with Gasteiger partial charge in [-0.05, 0) is 84.4 Å². The number of pyridine rings is 1. The molecule has 1 saturated heterocycles. The van der Waals surface area contributed by atoms with Gasteiger partial charge in [0.1, 0.15) is 0 Å². The first-order chi connectivity index (χ1) is 14.5. The molecular weight excluding hydrogens is 390 g/mol. The van der Waals surface area contributed by atoms with Crippen LogP contribution in [-0.4, -0.2) is 34.9 Å². The van der Waals surface area contributed by atoms with Crippen molar-refractivity contribution in [2.45, 2.75) is 39.3 Å². The summed E-state index contributed by atoms with van der Waals surface area (Å²) in [7, 11) is 0. The number of hydrogen-bond acceptors (Lipinski definition) is 4. The molecule has 0 saturated carbocycles. The van der Waals surface area contributed by atoms with E-state index in [0.717, 1.165) is 32.5 Å². The number of amides is 1. The van der Waals surface area contributed by atoms with Crippen molar-refractivity contribution in [2.24, 2.45) is 5.41 Å². The second-order valence-corrected chi connectivity index (χ2v) is 9.39. The molecule has 3 aromatic rings. The molecule has 1 N–H and O–H groups in total. The van der Waals surface area contributed by atoms with Crippen LogP contribution in [0.25, 0.3) is 11.1 Å². The Balaban J connectivity index is 1.52. The van der Waals surface area contributed by atoms with Gasteiger partial charge in [0, 0.05) is 31.5 Å². The third kappa shape index (κ3) is 4.79. The first-order valence-corrected chi connectivity index (χ1v) is 11.5. The topological polar surface area (TPSA) is 45.2 Å². The second-order valence-electron chi connectivity index (χ2n) is 8.61. The fraction of sp³-hybridized carbons (Fsp3) is 0.360.